The molecule has 1 rings (SSSR count). The number of rotatable bonds is 8. The van der Waals surface area contributed by atoms with Gasteiger partial charge in [-0.05, 0) is 26.2 Å². The smallest absolute Gasteiger partial charge is 0.322 e. The Kier molecular flexibility index (Phi) is 7.85. The largest absolute Gasteiger partial charge is 0.465 e. The van der Waals surface area contributed by atoms with Crippen LogP contribution in [0.2, 0.25) is 0 Å². The van der Waals surface area contributed by atoms with E-state index in [0.29, 0.717) is 19.6 Å². The van der Waals surface area contributed by atoms with Crippen LogP contribution in [0.3, 0.4) is 0 Å². The number of carbonyl (C=O) groups is 2. The maximum Gasteiger partial charge on any atom is 0.322 e. The molecule has 0 aromatic rings. The minimum absolute atomic E-state index is 0.0391. The molecule has 4 N–H and O–H groups in total. The van der Waals surface area contributed by atoms with Crippen molar-refractivity contribution in [3.05, 3.63) is 0 Å². The molecule has 1 saturated heterocycles. The summed E-state index contributed by atoms with van der Waals surface area (Å²) in [6.07, 6.45) is 2.20. The number of esters is 1. The van der Waals surface area contributed by atoms with Gasteiger partial charge in [0.1, 0.15) is 11.4 Å². The lowest BCUT2D eigenvalue weighted by molar-refractivity contribution is -0.144. The molecule has 0 spiro atoms. The molecule has 2 unspecified atom stereocenters. The lowest BCUT2D eigenvalue weighted by atomic mass is 10.1. The molecular weight excluding hydrogens is 266 g/mol. The van der Waals surface area contributed by atoms with Gasteiger partial charge < -0.3 is 15.8 Å². The zero-order valence-electron chi connectivity index (χ0n) is 11.3. The molecule has 0 aromatic heterocycles. The van der Waals surface area contributed by atoms with Gasteiger partial charge in [-0.25, -0.2) is 0 Å². The predicted molar refractivity (Wildman–Crippen MR) is 75.7 cm³/mol. The molecule has 1 heterocycles. The Labute approximate surface area is 118 Å². The van der Waals surface area contributed by atoms with E-state index in [1.165, 1.54) is 0 Å². The first-order valence-corrected chi connectivity index (χ1v) is 7.75. The summed E-state index contributed by atoms with van der Waals surface area (Å²) in [6.45, 7) is 3.62. The number of nitrogens with two attached hydrogens (primary N) is 1. The van der Waals surface area contributed by atoms with Crippen molar-refractivity contribution in [1.29, 1.82) is 0 Å². The van der Waals surface area contributed by atoms with E-state index in [9.17, 15) is 9.59 Å². The predicted octanol–water partition coefficient (Wildman–Crippen LogP) is -0.174. The van der Waals surface area contributed by atoms with Crippen LogP contribution in [0.5, 0.6) is 0 Å². The van der Waals surface area contributed by atoms with Crippen LogP contribution in [0.15, 0.2) is 0 Å². The maximum atomic E-state index is 11.6. The maximum absolute atomic E-state index is 11.6. The van der Waals surface area contributed by atoms with Crippen LogP contribution in [0.1, 0.15) is 26.2 Å². The molecule has 1 amide bonds. The number of carbonyl (C=O) groups excluding carboxylic acids is 2. The van der Waals surface area contributed by atoms with Crippen LogP contribution < -0.4 is 16.4 Å². The molecule has 2 atom stereocenters. The molecule has 0 bridgehead atoms. The number of unbranched alkanes of at least 4 members (excludes halogenated alkanes) is 1. The summed E-state index contributed by atoms with van der Waals surface area (Å²) in [5, 5.41) is 5.88. The van der Waals surface area contributed by atoms with Crippen LogP contribution in [0, 0.1) is 0 Å². The Morgan fingerprint density at radius 3 is 2.95 bits per heavy atom. The first-order valence-electron chi connectivity index (χ1n) is 6.70. The molecule has 0 aromatic carbocycles. The van der Waals surface area contributed by atoms with Crippen molar-refractivity contribution in [1.82, 2.24) is 10.6 Å². The van der Waals surface area contributed by atoms with Crippen molar-refractivity contribution in [2.24, 2.45) is 5.73 Å². The molecular formula is C12H23N3O3S. The van der Waals surface area contributed by atoms with Gasteiger partial charge in [0.05, 0.1) is 6.61 Å². The summed E-state index contributed by atoms with van der Waals surface area (Å²) in [7, 11) is 0. The molecule has 110 valence electrons. The highest BCUT2D eigenvalue weighted by Crippen LogP contribution is 2.13. The minimum Gasteiger partial charge on any atom is -0.465 e. The van der Waals surface area contributed by atoms with Gasteiger partial charge in [-0.2, -0.15) is 0 Å². The molecule has 19 heavy (non-hydrogen) atoms. The number of ether oxygens (including phenoxy) is 1. The van der Waals surface area contributed by atoms with Crippen molar-refractivity contribution in [3.8, 4) is 0 Å². The number of hydrogen-bond acceptors (Lipinski definition) is 6. The van der Waals surface area contributed by atoms with Gasteiger partial charge >= 0.3 is 5.97 Å². The van der Waals surface area contributed by atoms with Crippen LogP contribution in [-0.4, -0.2) is 48.7 Å². The Morgan fingerprint density at radius 1 is 1.53 bits per heavy atom. The van der Waals surface area contributed by atoms with Crippen LogP contribution in [0.25, 0.3) is 0 Å². The zero-order valence-corrected chi connectivity index (χ0v) is 12.1. The molecule has 6 nitrogen and oxygen atoms in total. The van der Waals surface area contributed by atoms with Gasteiger partial charge in [0.2, 0.25) is 5.91 Å². The Balaban J connectivity index is 2.01. The normalized spacial score (nSPS) is 20.0. The number of thioether (sulfide) groups is 1. The first-order chi connectivity index (χ1) is 9.15. The Bertz CT molecular complexity index is 296. The van der Waals surface area contributed by atoms with Gasteiger partial charge in [-0.3, -0.25) is 14.9 Å². The van der Waals surface area contributed by atoms with Crippen LogP contribution in [0.4, 0.5) is 0 Å². The highest BCUT2D eigenvalue weighted by molar-refractivity contribution is 8.00. The molecule has 1 aliphatic rings. The lowest BCUT2D eigenvalue weighted by Crippen LogP contribution is -2.39. The molecule has 1 fully saturated rings. The van der Waals surface area contributed by atoms with Gasteiger partial charge in [0, 0.05) is 18.8 Å². The SMILES string of the molecule is CCOC(=O)C(N)CCCCNC(=O)C1NCCS1. The third-order valence-electron chi connectivity index (χ3n) is 2.78. The van der Waals surface area contributed by atoms with Crippen molar-refractivity contribution < 1.29 is 14.3 Å². The standard InChI is InChI=1S/C12H23N3O3S/c1-2-18-12(17)9(13)5-3-4-6-14-10(16)11-15-7-8-19-11/h9,11,15H,2-8,13H2,1H3,(H,14,16). The number of hydrogen-bond donors (Lipinski definition) is 3. The quantitative estimate of drug-likeness (QED) is 0.424. The fourth-order valence-corrected chi connectivity index (χ4v) is 2.70. The molecule has 1 aliphatic heterocycles. The lowest BCUT2D eigenvalue weighted by Gasteiger charge is -2.12. The molecule has 0 saturated carbocycles. The third-order valence-corrected chi connectivity index (χ3v) is 3.94. The summed E-state index contributed by atoms with van der Waals surface area (Å²) >= 11 is 1.62. The fourth-order valence-electron chi connectivity index (χ4n) is 1.75. The highest BCUT2D eigenvalue weighted by atomic mass is 32.2. The molecule has 0 aliphatic carbocycles. The average Bonchev–Trinajstić information content (AvgIpc) is 2.92. The second kappa shape index (κ2) is 9.17. The van der Waals surface area contributed by atoms with Crippen molar-refractivity contribution in [3.63, 3.8) is 0 Å². The highest BCUT2D eigenvalue weighted by Gasteiger charge is 2.21. The first kappa shape index (κ1) is 16.3. The summed E-state index contributed by atoms with van der Waals surface area (Å²) in [4.78, 5) is 22.9. The topological polar surface area (TPSA) is 93.4 Å². The van der Waals surface area contributed by atoms with E-state index in [0.717, 1.165) is 25.1 Å². The van der Waals surface area contributed by atoms with E-state index in [1.807, 2.05) is 0 Å². The summed E-state index contributed by atoms with van der Waals surface area (Å²) in [6, 6.07) is -0.553. The van der Waals surface area contributed by atoms with Gasteiger partial charge in [-0.1, -0.05) is 0 Å². The van der Waals surface area contributed by atoms with E-state index in [-0.39, 0.29) is 17.3 Å². The summed E-state index contributed by atoms with van der Waals surface area (Å²) < 4.78 is 4.82. The number of nitrogens with one attached hydrogen (secondary N) is 2. The van der Waals surface area contributed by atoms with E-state index >= 15 is 0 Å². The van der Waals surface area contributed by atoms with Crippen LogP contribution >= 0.6 is 11.8 Å². The third kappa shape index (κ3) is 6.26. The Morgan fingerprint density at radius 2 is 2.32 bits per heavy atom. The average molecular weight is 289 g/mol. The van der Waals surface area contributed by atoms with E-state index < -0.39 is 6.04 Å². The van der Waals surface area contributed by atoms with E-state index in [2.05, 4.69) is 10.6 Å². The minimum atomic E-state index is -0.553. The van der Waals surface area contributed by atoms with Gasteiger partial charge in [-0.15, -0.1) is 11.8 Å². The fraction of sp³-hybridized carbons (Fsp3) is 0.833. The summed E-state index contributed by atoms with van der Waals surface area (Å²) in [5.41, 5.74) is 5.67. The van der Waals surface area contributed by atoms with E-state index in [4.69, 9.17) is 10.5 Å². The van der Waals surface area contributed by atoms with E-state index in [1.54, 1.807) is 18.7 Å². The van der Waals surface area contributed by atoms with Crippen molar-refractivity contribution >= 4 is 23.6 Å². The van der Waals surface area contributed by atoms with Gasteiger partial charge in [0.15, 0.2) is 0 Å². The van der Waals surface area contributed by atoms with Crippen molar-refractivity contribution in [2.45, 2.75) is 37.6 Å². The molecule has 7 heteroatoms. The van der Waals surface area contributed by atoms with Crippen molar-refractivity contribution in [2.75, 3.05) is 25.4 Å². The molecule has 0 radical (unpaired) electrons. The second-order valence-electron chi connectivity index (χ2n) is 4.35. The summed E-state index contributed by atoms with van der Waals surface area (Å²) in [5.74, 6) is 0.669. The zero-order chi connectivity index (χ0) is 14.1. The van der Waals surface area contributed by atoms with Gasteiger partial charge in [0.25, 0.3) is 0 Å². The van der Waals surface area contributed by atoms with Crippen LogP contribution in [-0.2, 0) is 14.3 Å². The second-order valence-corrected chi connectivity index (χ2v) is 5.56. The number of amides is 1. The monoisotopic (exact) mass is 289 g/mol. The Hall–Kier alpha value is -0.790.